The molecule has 0 aromatic heterocycles. The summed E-state index contributed by atoms with van der Waals surface area (Å²) in [5, 5.41) is 0. The fourth-order valence-electron chi connectivity index (χ4n) is 6.66. The van der Waals surface area contributed by atoms with Crippen LogP contribution in [0.3, 0.4) is 0 Å². The molecule has 0 radical (unpaired) electrons. The van der Waals surface area contributed by atoms with E-state index in [2.05, 4.69) is 0 Å². The minimum atomic E-state index is -0.922. The molecule has 0 N–H and O–H groups in total. The monoisotopic (exact) mass is 608 g/mol. The second-order valence-corrected chi connectivity index (χ2v) is 11.9. The Hall–Kier alpha value is -3.58. The average molecular weight is 609 g/mol. The molecule has 7 heteroatoms. The molecule has 3 unspecified atom stereocenters. The number of allylic oxidation sites excluding steroid dienone is 6. The first-order chi connectivity index (χ1) is 21.3. The van der Waals surface area contributed by atoms with Crippen LogP contribution in [0.1, 0.15) is 103 Å². The number of epoxide rings is 1. The van der Waals surface area contributed by atoms with Gasteiger partial charge >= 0.3 is 0 Å². The van der Waals surface area contributed by atoms with Gasteiger partial charge in [0.05, 0.1) is 6.61 Å². The van der Waals surface area contributed by atoms with E-state index >= 15 is 8.78 Å². The molecule has 1 nitrogen and oxygen atoms in total. The third-order valence-corrected chi connectivity index (χ3v) is 9.31. The van der Waals surface area contributed by atoms with E-state index in [0.29, 0.717) is 74.7 Å². The van der Waals surface area contributed by atoms with Crippen LogP contribution >= 0.6 is 0 Å². The van der Waals surface area contributed by atoms with Gasteiger partial charge in [0, 0.05) is 16.7 Å². The van der Waals surface area contributed by atoms with Crippen molar-refractivity contribution >= 4 is 11.1 Å². The summed E-state index contributed by atoms with van der Waals surface area (Å²) in [5.74, 6) is -5.81. The van der Waals surface area contributed by atoms with Crippen LogP contribution in [0.25, 0.3) is 11.1 Å². The molecule has 44 heavy (non-hydrogen) atoms. The van der Waals surface area contributed by atoms with Crippen molar-refractivity contribution in [3.05, 3.63) is 129 Å². The van der Waals surface area contributed by atoms with Gasteiger partial charge in [0.1, 0.15) is 6.10 Å². The summed E-state index contributed by atoms with van der Waals surface area (Å²) < 4.78 is 94.9. The Morgan fingerprint density at radius 3 is 1.70 bits per heavy atom. The quantitative estimate of drug-likeness (QED) is 0.141. The fraction of sp³-hybridized carbons (Fsp3) is 0.351. The zero-order valence-corrected chi connectivity index (χ0v) is 24.5. The normalized spacial score (nSPS) is 21.8. The lowest BCUT2D eigenvalue weighted by Crippen LogP contribution is -2.11. The number of rotatable bonds is 8. The Morgan fingerprint density at radius 1 is 0.659 bits per heavy atom. The Morgan fingerprint density at radius 2 is 1.16 bits per heavy atom. The average Bonchev–Trinajstić information content (AvgIpc) is 3.88. The van der Waals surface area contributed by atoms with Crippen molar-refractivity contribution in [2.75, 3.05) is 6.61 Å². The molecule has 3 aromatic rings. The van der Waals surface area contributed by atoms with E-state index in [1.807, 2.05) is 19.1 Å². The van der Waals surface area contributed by atoms with E-state index < -0.39 is 34.9 Å². The first-order valence-electron chi connectivity index (χ1n) is 15.3. The molecule has 6 rings (SSSR count). The zero-order valence-electron chi connectivity index (χ0n) is 24.5. The molecule has 1 saturated heterocycles. The lowest BCUT2D eigenvalue weighted by atomic mass is 9.80. The Bertz CT molecular complexity index is 1670. The molecule has 0 saturated carbocycles. The van der Waals surface area contributed by atoms with Crippen LogP contribution in [0.15, 0.2) is 60.7 Å². The molecular weight excluding hydrogens is 574 g/mol. The summed E-state index contributed by atoms with van der Waals surface area (Å²) >= 11 is 0. The van der Waals surface area contributed by atoms with Crippen LogP contribution < -0.4 is 0 Å². The van der Waals surface area contributed by atoms with Crippen LogP contribution in [0.4, 0.5) is 26.3 Å². The van der Waals surface area contributed by atoms with E-state index in [-0.39, 0.29) is 45.8 Å². The molecule has 0 amide bonds. The zero-order chi connectivity index (χ0) is 31.0. The summed E-state index contributed by atoms with van der Waals surface area (Å²) in [6, 6.07) is 9.60. The van der Waals surface area contributed by atoms with Gasteiger partial charge in [-0.3, -0.25) is 0 Å². The molecule has 230 valence electrons. The second kappa shape index (κ2) is 12.8. The molecule has 1 fully saturated rings. The molecule has 3 atom stereocenters. The summed E-state index contributed by atoms with van der Waals surface area (Å²) in [6.07, 6.45) is 10.6. The highest BCUT2D eigenvalue weighted by Crippen LogP contribution is 2.43. The van der Waals surface area contributed by atoms with Gasteiger partial charge in [0.25, 0.3) is 0 Å². The first-order valence-corrected chi connectivity index (χ1v) is 15.3. The van der Waals surface area contributed by atoms with Gasteiger partial charge in [-0.2, -0.15) is 0 Å². The van der Waals surface area contributed by atoms with Crippen molar-refractivity contribution in [3.8, 4) is 0 Å². The highest BCUT2D eigenvalue weighted by Gasteiger charge is 2.32. The van der Waals surface area contributed by atoms with Gasteiger partial charge in [-0.05, 0) is 98.0 Å². The molecule has 0 bridgehead atoms. The van der Waals surface area contributed by atoms with Crippen LogP contribution in [0.5, 0.6) is 0 Å². The maximum absolute atomic E-state index is 15.4. The Labute approximate surface area is 253 Å². The fourth-order valence-corrected chi connectivity index (χ4v) is 6.66. The van der Waals surface area contributed by atoms with Crippen molar-refractivity contribution in [1.29, 1.82) is 0 Å². The largest absolute Gasteiger partial charge is 0.368 e. The summed E-state index contributed by atoms with van der Waals surface area (Å²) in [4.78, 5) is 0. The van der Waals surface area contributed by atoms with Gasteiger partial charge in [0.15, 0.2) is 34.9 Å². The van der Waals surface area contributed by atoms with Crippen LogP contribution in [0.2, 0.25) is 0 Å². The van der Waals surface area contributed by atoms with Crippen LogP contribution in [-0.2, 0) is 11.2 Å². The predicted octanol–water partition coefficient (Wildman–Crippen LogP) is 10.8. The van der Waals surface area contributed by atoms with Gasteiger partial charge < -0.3 is 4.74 Å². The van der Waals surface area contributed by atoms with Crippen molar-refractivity contribution in [2.24, 2.45) is 0 Å². The summed E-state index contributed by atoms with van der Waals surface area (Å²) in [6.45, 7) is 2.26. The number of hydrogen-bond acceptors (Lipinski definition) is 1. The Kier molecular flexibility index (Phi) is 8.86. The van der Waals surface area contributed by atoms with E-state index in [9.17, 15) is 17.6 Å². The van der Waals surface area contributed by atoms with Crippen LogP contribution in [0, 0.1) is 34.9 Å². The van der Waals surface area contributed by atoms with Gasteiger partial charge in [-0.15, -0.1) is 0 Å². The standard InChI is InChI=1S/C37H34F6O/c1-2-3-4-5-25-14-15-26(33(39)32(25)38)21-6-8-22(9-7-21)27-16-17-28(35(41)34(27)40)23-10-12-24(13-11-23)29-18-19-30(31-20-44-31)37(43)36(29)42/h2-3,6,10,14-19,22,24,31H,4-5,7-9,11-13,20H2,1H3/b3-2+. The second-order valence-electron chi connectivity index (χ2n) is 11.9. The molecular formula is C37H34F6O. The first kappa shape index (κ1) is 30.4. The highest BCUT2D eigenvalue weighted by atomic mass is 19.2. The number of hydrogen-bond donors (Lipinski definition) is 0. The molecule has 2 aliphatic carbocycles. The summed E-state index contributed by atoms with van der Waals surface area (Å²) in [5.41, 5.74) is 2.82. The smallest absolute Gasteiger partial charge is 0.166 e. The number of ether oxygens (including phenoxy) is 1. The third kappa shape index (κ3) is 5.91. The van der Waals surface area contributed by atoms with Gasteiger partial charge in [0.2, 0.25) is 0 Å². The molecule has 3 aromatic carbocycles. The molecule has 1 aliphatic heterocycles. The van der Waals surface area contributed by atoms with E-state index in [1.54, 1.807) is 48.6 Å². The lowest BCUT2D eigenvalue weighted by molar-refractivity contribution is 0.399. The predicted molar refractivity (Wildman–Crippen MR) is 160 cm³/mol. The Balaban J connectivity index is 1.14. The van der Waals surface area contributed by atoms with E-state index in [1.165, 1.54) is 0 Å². The molecule has 3 aliphatic rings. The van der Waals surface area contributed by atoms with Crippen molar-refractivity contribution in [3.63, 3.8) is 0 Å². The maximum atomic E-state index is 15.4. The summed E-state index contributed by atoms with van der Waals surface area (Å²) in [7, 11) is 0. The molecule has 0 spiro atoms. The van der Waals surface area contributed by atoms with E-state index in [0.717, 1.165) is 0 Å². The highest BCUT2D eigenvalue weighted by molar-refractivity contribution is 5.69. The number of aryl methyl sites for hydroxylation is 1. The van der Waals surface area contributed by atoms with Crippen molar-refractivity contribution in [1.82, 2.24) is 0 Å². The van der Waals surface area contributed by atoms with Gasteiger partial charge in [-0.1, -0.05) is 60.7 Å². The van der Waals surface area contributed by atoms with Crippen molar-refractivity contribution in [2.45, 2.75) is 76.2 Å². The van der Waals surface area contributed by atoms with E-state index in [4.69, 9.17) is 4.74 Å². The minimum Gasteiger partial charge on any atom is -0.368 e. The van der Waals surface area contributed by atoms with Crippen molar-refractivity contribution < 1.29 is 31.1 Å². The third-order valence-electron chi connectivity index (χ3n) is 9.31. The number of benzene rings is 3. The maximum Gasteiger partial charge on any atom is 0.166 e. The van der Waals surface area contributed by atoms with Gasteiger partial charge in [-0.25, -0.2) is 26.3 Å². The minimum absolute atomic E-state index is 0.177. The molecule has 1 heterocycles. The topological polar surface area (TPSA) is 12.5 Å². The SMILES string of the molecule is C/C=C/CCc1ccc(C2=CCC(c3ccc(C4=CCC(c5ccc(C6CO6)c(F)c5F)CC4)c(F)c3F)CC2)c(F)c1F. The van der Waals surface area contributed by atoms with Crippen LogP contribution in [-0.4, -0.2) is 6.61 Å². The lowest BCUT2D eigenvalue weighted by Gasteiger charge is -2.26. The number of halogens is 6.